The maximum atomic E-state index is 11.4. The zero-order valence-corrected chi connectivity index (χ0v) is 16.2. The van der Waals surface area contributed by atoms with E-state index in [-0.39, 0.29) is 16.7 Å². The highest BCUT2D eigenvalue weighted by Gasteiger charge is 2.54. The number of aliphatic hydroxyl groups excluding tert-OH is 1. The molecule has 1 saturated heterocycles. The molecule has 26 heavy (non-hydrogen) atoms. The molecule has 144 valence electrons. The van der Waals surface area contributed by atoms with Gasteiger partial charge in [-0.3, -0.25) is 10.1 Å². The average Bonchev–Trinajstić information content (AvgIpc) is 2.99. The maximum absolute atomic E-state index is 11.4. The first-order valence-electron chi connectivity index (χ1n) is 8.37. The zero-order valence-electron chi connectivity index (χ0n) is 14.6. The van der Waals surface area contributed by atoms with Gasteiger partial charge in [0, 0.05) is 5.75 Å². The summed E-state index contributed by atoms with van der Waals surface area (Å²) in [6.45, 7) is 5.54. The van der Waals surface area contributed by atoms with Crippen molar-refractivity contribution in [3.05, 3.63) is 15.3 Å². The minimum Gasteiger partial charge on any atom is -0.390 e. The van der Waals surface area contributed by atoms with Crippen LogP contribution < -0.4 is 5.32 Å². The van der Waals surface area contributed by atoms with Gasteiger partial charge in [0.1, 0.15) is 12.2 Å². The Balaban J connectivity index is 1.88. The van der Waals surface area contributed by atoms with Crippen LogP contribution in [0.2, 0.25) is 5.15 Å². The van der Waals surface area contributed by atoms with Crippen LogP contribution in [0.25, 0.3) is 0 Å². The molecule has 1 saturated carbocycles. The SMILES string of the molecule is CCCSc1nc(Cl)c([N+](=O)[O-])c(N[C@@H]2C[C@H](O)[C@H]3OC(C)(C)OC23)n1. The molecule has 1 aromatic rings. The van der Waals surface area contributed by atoms with Crippen LogP contribution in [0.15, 0.2) is 5.16 Å². The molecule has 9 nitrogen and oxygen atoms in total. The van der Waals surface area contributed by atoms with E-state index in [1.807, 2.05) is 6.92 Å². The highest BCUT2D eigenvalue weighted by Crippen LogP contribution is 2.41. The molecule has 2 heterocycles. The van der Waals surface area contributed by atoms with Crippen LogP contribution in [0.4, 0.5) is 11.5 Å². The van der Waals surface area contributed by atoms with Crippen molar-refractivity contribution < 1.29 is 19.5 Å². The van der Waals surface area contributed by atoms with Gasteiger partial charge in [0.2, 0.25) is 11.0 Å². The minimum absolute atomic E-state index is 0.0276. The van der Waals surface area contributed by atoms with Crippen LogP contribution in [-0.4, -0.2) is 55.9 Å². The Bertz CT molecular complexity index is 707. The molecule has 0 aromatic carbocycles. The number of thioether (sulfide) groups is 1. The summed E-state index contributed by atoms with van der Waals surface area (Å²) in [7, 11) is 0. The summed E-state index contributed by atoms with van der Waals surface area (Å²) in [4.78, 5) is 19.1. The van der Waals surface area contributed by atoms with Gasteiger partial charge in [-0.05, 0) is 26.7 Å². The van der Waals surface area contributed by atoms with E-state index in [4.69, 9.17) is 21.1 Å². The number of aliphatic hydroxyl groups is 1. The van der Waals surface area contributed by atoms with Crippen LogP contribution >= 0.6 is 23.4 Å². The number of aromatic nitrogens is 2. The highest BCUT2D eigenvalue weighted by atomic mass is 35.5. The predicted octanol–water partition coefficient (Wildman–Crippen LogP) is 2.61. The van der Waals surface area contributed by atoms with E-state index < -0.39 is 35.1 Å². The van der Waals surface area contributed by atoms with Crippen molar-refractivity contribution in [1.82, 2.24) is 9.97 Å². The summed E-state index contributed by atoms with van der Waals surface area (Å²) < 4.78 is 11.6. The summed E-state index contributed by atoms with van der Waals surface area (Å²) in [6, 6.07) is -0.398. The van der Waals surface area contributed by atoms with Gasteiger partial charge < -0.3 is 19.9 Å². The van der Waals surface area contributed by atoms with Gasteiger partial charge in [0.15, 0.2) is 10.9 Å². The Morgan fingerprint density at radius 2 is 2.12 bits per heavy atom. The van der Waals surface area contributed by atoms with Crippen molar-refractivity contribution in [2.45, 2.75) is 68.9 Å². The summed E-state index contributed by atoms with van der Waals surface area (Å²) in [5, 5.41) is 24.8. The number of nitro groups is 1. The molecular weight excluding hydrogens is 384 g/mol. The molecule has 2 fully saturated rings. The molecule has 11 heteroatoms. The van der Waals surface area contributed by atoms with Crippen LogP contribution in [0.1, 0.15) is 33.6 Å². The lowest BCUT2D eigenvalue weighted by Gasteiger charge is -2.23. The molecular formula is C15H21ClN4O5S. The van der Waals surface area contributed by atoms with Crippen LogP contribution in [0.3, 0.4) is 0 Å². The van der Waals surface area contributed by atoms with E-state index in [1.54, 1.807) is 13.8 Å². The second-order valence-electron chi connectivity index (χ2n) is 6.72. The second kappa shape index (κ2) is 7.43. The third-order valence-electron chi connectivity index (χ3n) is 4.20. The Hall–Kier alpha value is -1.20. The first kappa shape index (κ1) is 19.6. The third kappa shape index (κ3) is 3.89. The number of rotatable bonds is 6. The summed E-state index contributed by atoms with van der Waals surface area (Å²) >= 11 is 7.40. The lowest BCUT2D eigenvalue weighted by Crippen LogP contribution is -2.35. The number of hydrogen-bond donors (Lipinski definition) is 2. The lowest BCUT2D eigenvalue weighted by atomic mass is 10.2. The predicted molar refractivity (Wildman–Crippen MR) is 96.6 cm³/mol. The van der Waals surface area contributed by atoms with E-state index in [0.717, 1.165) is 12.2 Å². The van der Waals surface area contributed by atoms with Crippen molar-refractivity contribution in [3.8, 4) is 0 Å². The Kier molecular flexibility index (Phi) is 5.59. The Morgan fingerprint density at radius 3 is 2.77 bits per heavy atom. The van der Waals surface area contributed by atoms with Gasteiger partial charge in [-0.1, -0.05) is 30.3 Å². The van der Waals surface area contributed by atoms with E-state index >= 15 is 0 Å². The fourth-order valence-corrected chi connectivity index (χ4v) is 4.19. The molecule has 1 aliphatic carbocycles. The molecule has 1 aliphatic heterocycles. The van der Waals surface area contributed by atoms with Gasteiger partial charge in [-0.25, -0.2) is 4.98 Å². The largest absolute Gasteiger partial charge is 0.390 e. The molecule has 2 aliphatic rings. The second-order valence-corrected chi connectivity index (χ2v) is 8.14. The number of nitrogens with zero attached hydrogens (tertiary/aromatic N) is 3. The van der Waals surface area contributed by atoms with Crippen LogP contribution in [-0.2, 0) is 9.47 Å². The topological polar surface area (TPSA) is 120 Å². The monoisotopic (exact) mass is 404 g/mol. The molecule has 0 spiro atoms. The number of anilines is 1. The van der Waals surface area contributed by atoms with Crippen molar-refractivity contribution in [2.24, 2.45) is 0 Å². The fraction of sp³-hybridized carbons (Fsp3) is 0.733. The van der Waals surface area contributed by atoms with E-state index in [0.29, 0.717) is 11.6 Å². The van der Waals surface area contributed by atoms with Gasteiger partial charge in [-0.2, -0.15) is 4.98 Å². The molecule has 1 unspecified atom stereocenters. The molecule has 3 rings (SSSR count). The molecule has 1 aromatic heterocycles. The Morgan fingerprint density at radius 1 is 1.42 bits per heavy atom. The summed E-state index contributed by atoms with van der Waals surface area (Å²) in [5.74, 6) is -0.0284. The smallest absolute Gasteiger partial charge is 0.348 e. The molecule has 0 radical (unpaired) electrons. The fourth-order valence-electron chi connectivity index (χ4n) is 3.20. The lowest BCUT2D eigenvalue weighted by molar-refractivity contribution is -0.384. The highest BCUT2D eigenvalue weighted by molar-refractivity contribution is 7.99. The number of fused-ring (bicyclic) bond motifs is 1. The quantitative estimate of drug-likeness (QED) is 0.242. The first-order chi connectivity index (χ1) is 12.2. The minimum atomic E-state index is -0.825. The van der Waals surface area contributed by atoms with E-state index in [2.05, 4.69) is 15.3 Å². The van der Waals surface area contributed by atoms with Gasteiger partial charge in [0.25, 0.3) is 0 Å². The molecule has 0 amide bonds. The number of halogens is 1. The van der Waals surface area contributed by atoms with Crippen LogP contribution in [0.5, 0.6) is 0 Å². The Labute approximate surface area is 160 Å². The zero-order chi connectivity index (χ0) is 19.1. The molecule has 0 bridgehead atoms. The normalized spacial score (nSPS) is 29.6. The van der Waals surface area contributed by atoms with Crippen LogP contribution in [0, 0.1) is 10.1 Å². The summed E-state index contributed by atoms with van der Waals surface area (Å²) in [5.41, 5.74) is -0.386. The van der Waals surface area contributed by atoms with Crippen molar-refractivity contribution in [1.29, 1.82) is 0 Å². The van der Waals surface area contributed by atoms with Crippen molar-refractivity contribution in [2.75, 3.05) is 11.1 Å². The number of hydrogen-bond acceptors (Lipinski definition) is 9. The summed E-state index contributed by atoms with van der Waals surface area (Å²) in [6.07, 6.45) is -0.441. The molecule has 2 N–H and O–H groups in total. The number of nitrogens with one attached hydrogen (secondary N) is 1. The van der Waals surface area contributed by atoms with Gasteiger partial charge >= 0.3 is 5.69 Å². The van der Waals surface area contributed by atoms with E-state index in [1.165, 1.54) is 11.8 Å². The third-order valence-corrected chi connectivity index (χ3v) is 5.51. The first-order valence-corrected chi connectivity index (χ1v) is 9.73. The average molecular weight is 405 g/mol. The molecule has 4 atom stereocenters. The van der Waals surface area contributed by atoms with E-state index in [9.17, 15) is 15.2 Å². The maximum Gasteiger partial charge on any atom is 0.348 e. The van der Waals surface area contributed by atoms with Crippen molar-refractivity contribution >= 4 is 34.9 Å². The van der Waals surface area contributed by atoms with Gasteiger partial charge in [-0.15, -0.1) is 0 Å². The van der Waals surface area contributed by atoms with Crippen molar-refractivity contribution in [3.63, 3.8) is 0 Å². The number of ether oxygens (including phenoxy) is 2. The van der Waals surface area contributed by atoms with Gasteiger partial charge in [0.05, 0.1) is 17.1 Å². The standard InChI is InChI=1S/C15H21ClN4O5S/c1-4-5-26-14-18-12(16)9(20(22)23)13(19-14)17-7-6-8(21)11-10(7)24-15(2,3)25-11/h7-8,10-11,21H,4-6H2,1-3H3,(H,17,18,19)/t7-,8+,10?,11-/m1/s1.